The van der Waals surface area contributed by atoms with Crippen LogP contribution in [0.4, 0.5) is 0 Å². The van der Waals surface area contributed by atoms with Crippen LogP contribution in [-0.2, 0) is 22.6 Å². The molecule has 1 aliphatic carbocycles. The number of rotatable bonds is 10. The third-order valence-corrected chi connectivity index (χ3v) is 7.05. The number of aryl methyl sites for hydroxylation is 2. The first-order valence-corrected chi connectivity index (χ1v) is 13.4. The summed E-state index contributed by atoms with van der Waals surface area (Å²) in [7, 11) is 0. The molecule has 1 N–H and O–H groups in total. The van der Waals surface area contributed by atoms with Gasteiger partial charge in [-0.2, -0.15) is 0 Å². The summed E-state index contributed by atoms with van der Waals surface area (Å²) in [4.78, 5) is 29.2. The van der Waals surface area contributed by atoms with Crippen molar-refractivity contribution in [2.24, 2.45) is 0 Å². The second kappa shape index (κ2) is 13.1. The summed E-state index contributed by atoms with van der Waals surface area (Å²) >= 11 is 0. The Bertz CT molecular complexity index is 1150. The number of nitrogens with zero attached hydrogens (tertiary/aromatic N) is 1. The van der Waals surface area contributed by atoms with Gasteiger partial charge >= 0.3 is 0 Å². The largest absolute Gasteiger partial charge is 0.484 e. The molecule has 1 saturated carbocycles. The van der Waals surface area contributed by atoms with E-state index in [4.69, 9.17) is 4.74 Å². The normalized spacial score (nSPS) is 14.5. The lowest BCUT2D eigenvalue weighted by atomic mass is 9.94. The maximum absolute atomic E-state index is 13.8. The molecule has 0 aromatic heterocycles. The summed E-state index contributed by atoms with van der Waals surface area (Å²) in [5, 5.41) is 3.28. The molecule has 1 aliphatic rings. The van der Waals surface area contributed by atoms with E-state index in [-0.39, 0.29) is 24.5 Å². The van der Waals surface area contributed by atoms with E-state index in [1.807, 2.05) is 92.7 Å². The topological polar surface area (TPSA) is 58.6 Å². The van der Waals surface area contributed by atoms with Gasteiger partial charge in [-0.1, -0.05) is 91.6 Å². The predicted molar refractivity (Wildman–Crippen MR) is 147 cm³/mol. The molecule has 0 radical (unpaired) electrons. The Labute approximate surface area is 220 Å². The van der Waals surface area contributed by atoms with Crippen LogP contribution in [0.25, 0.3) is 0 Å². The second-order valence-electron chi connectivity index (χ2n) is 10.2. The number of amides is 2. The minimum Gasteiger partial charge on any atom is -0.484 e. The van der Waals surface area contributed by atoms with Crippen molar-refractivity contribution in [1.82, 2.24) is 10.2 Å². The molecule has 37 heavy (non-hydrogen) atoms. The summed E-state index contributed by atoms with van der Waals surface area (Å²) in [6.07, 6.45) is 5.91. The number of ether oxygens (including phenoxy) is 1. The molecule has 1 unspecified atom stereocenters. The summed E-state index contributed by atoms with van der Waals surface area (Å²) in [6, 6.07) is 25.2. The average molecular weight is 499 g/mol. The van der Waals surface area contributed by atoms with Crippen LogP contribution in [0.3, 0.4) is 0 Å². The standard InChI is InChI=1S/C32H38N2O3/c1-24-16-18-27(19-17-24)22-34(31(35)23-37-29-15-9-10-25(2)20-29)30(21-26-11-5-3-6-12-26)32(36)33-28-13-7-4-8-14-28/h3,5-6,9-12,15-20,28,30H,4,7-8,13-14,21-23H2,1-2H3,(H,33,36). The smallest absolute Gasteiger partial charge is 0.261 e. The van der Waals surface area contributed by atoms with Crippen molar-refractivity contribution in [3.05, 3.63) is 101 Å². The van der Waals surface area contributed by atoms with Crippen molar-refractivity contribution in [2.75, 3.05) is 6.61 Å². The Hall–Kier alpha value is -3.60. The number of hydrogen-bond acceptors (Lipinski definition) is 3. The SMILES string of the molecule is Cc1ccc(CN(C(=O)COc2cccc(C)c2)C(Cc2ccccc2)C(=O)NC2CCCCC2)cc1. The molecule has 0 spiro atoms. The Morgan fingerprint density at radius 1 is 0.865 bits per heavy atom. The van der Waals surface area contributed by atoms with E-state index in [0.717, 1.165) is 47.9 Å². The summed E-state index contributed by atoms with van der Waals surface area (Å²) < 4.78 is 5.89. The van der Waals surface area contributed by atoms with Gasteiger partial charge in [-0.15, -0.1) is 0 Å². The van der Waals surface area contributed by atoms with Crippen LogP contribution in [-0.4, -0.2) is 35.4 Å². The molecule has 0 bridgehead atoms. The Balaban J connectivity index is 1.60. The minimum absolute atomic E-state index is 0.0910. The first kappa shape index (κ1) is 26.5. The molecule has 4 rings (SSSR count). The van der Waals surface area contributed by atoms with E-state index in [1.165, 1.54) is 6.42 Å². The first-order valence-electron chi connectivity index (χ1n) is 13.4. The van der Waals surface area contributed by atoms with Crippen molar-refractivity contribution in [2.45, 2.75) is 71.0 Å². The number of benzene rings is 3. The van der Waals surface area contributed by atoms with Gasteiger partial charge in [-0.05, 0) is 55.5 Å². The van der Waals surface area contributed by atoms with Gasteiger partial charge < -0.3 is 15.0 Å². The van der Waals surface area contributed by atoms with E-state index in [9.17, 15) is 9.59 Å². The maximum atomic E-state index is 13.8. The minimum atomic E-state index is -0.640. The molecule has 194 valence electrons. The molecule has 5 nitrogen and oxygen atoms in total. The van der Waals surface area contributed by atoms with Crippen molar-refractivity contribution >= 4 is 11.8 Å². The number of hydrogen-bond donors (Lipinski definition) is 1. The van der Waals surface area contributed by atoms with Gasteiger partial charge in [0, 0.05) is 19.0 Å². The van der Waals surface area contributed by atoms with Crippen molar-refractivity contribution in [3.63, 3.8) is 0 Å². The average Bonchev–Trinajstić information content (AvgIpc) is 2.91. The third kappa shape index (κ3) is 7.94. The van der Waals surface area contributed by atoms with E-state index in [1.54, 1.807) is 4.90 Å². The third-order valence-electron chi connectivity index (χ3n) is 7.05. The molecule has 5 heteroatoms. The Kier molecular flexibility index (Phi) is 9.36. The zero-order chi connectivity index (χ0) is 26.0. The molecule has 3 aromatic carbocycles. The van der Waals surface area contributed by atoms with Gasteiger partial charge in [-0.3, -0.25) is 9.59 Å². The number of carbonyl (C=O) groups is 2. The zero-order valence-electron chi connectivity index (χ0n) is 22.0. The molecule has 3 aromatic rings. The van der Waals surface area contributed by atoms with Crippen LogP contribution >= 0.6 is 0 Å². The molecular formula is C32H38N2O3. The fourth-order valence-corrected chi connectivity index (χ4v) is 4.92. The van der Waals surface area contributed by atoms with Crippen LogP contribution in [0.5, 0.6) is 5.75 Å². The fraction of sp³-hybridized carbons (Fsp3) is 0.375. The van der Waals surface area contributed by atoms with Gasteiger partial charge in [-0.25, -0.2) is 0 Å². The lowest BCUT2D eigenvalue weighted by molar-refractivity contribution is -0.143. The predicted octanol–water partition coefficient (Wildman–Crippen LogP) is 5.77. The molecule has 1 atom stereocenters. The second-order valence-corrected chi connectivity index (χ2v) is 10.2. The number of nitrogens with one attached hydrogen (secondary N) is 1. The van der Waals surface area contributed by atoms with Gasteiger partial charge in [0.25, 0.3) is 5.91 Å². The zero-order valence-corrected chi connectivity index (χ0v) is 22.0. The van der Waals surface area contributed by atoms with E-state index in [0.29, 0.717) is 18.7 Å². The maximum Gasteiger partial charge on any atom is 0.261 e. The van der Waals surface area contributed by atoms with E-state index < -0.39 is 6.04 Å². The van der Waals surface area contributed by atoms with E-state index >= 15 is 0 Å². The van der Waals surface area contributed by atoms with Crippen LogP contribution in [0.2, 0.25) is 0 Å². The molecule has 0 heterocycles. The van der Waals surface area contributed by atoms with Crippen LogP contribution in [0.1, 0.15) is 54.4 Å². The summed E-state index contributed by atoms with van der Waals surface area (Å²) in [5.41, 5.74) is 4.22. The van der Waals surface area contributed by atoms with Crippen molar-refractivity contribution in [1.29, 1.82) is 0 Å². The highest BCUT2D eigenvalue weighted by molar-refractivity contribution is 5.88. The molecule has 0 aliphatic heterocycles. The van der Waals surface area contributed by atoms with Gasteiger partial charge in [0.1, 0.15) is 11.8 Å². The monoisotopic (exact) mass is 498 g/mol. The molecular weight excluding hydrogens is 460 g/mol. The summed E-state index contributed by atoms with van der Waals surface area (Å²) in [6.45, 7) is 4.24. The van der Waals surface area contributed by atoms with Gasteiger partial charge in [0.2, 0.25) is 5.91 Å². The van der Waals surface area contributed by atoms with Crippen LogP contribution in [0, 0.1) is 13.8 Å². The lowest BCUT2D eigenvalue weighted by Gasteiger charge is -2.33. The molecule has 1 fully saturated rings. The van der Waals surface area contributed by atoms with Crippen LogP contribution in [0.15, 0.2) is 78.9 Å². The quantitative estimate of drug-likeness (QED) is 0.386. The van der Waals surface area contributed by atoms with Crippen LogP contribution < -0.4 is 10.1 Å². The van der Waals surface area contributed by atoms with Crippen molar-refractivity contribution in [3.8, 4) is 5.75 Å². The highest BCUT2D eigenvalue weighted by atomic mass is 16.5. The van der Waals surface area contributed by atoms with E-state index in [2.05, 4.69) is 5.32 Å². The Morgan fingerprint density at radius 3 is 2.30 bits per heavy atom. The molecule has 0 saturated heterocycles. The highest BCUT2D eigenvalue weighted by Gasteiger charge is 2.32. The Morgan fingerprint density at radius 2 is 1.59 bits per heavy atom. The van der Waals surface area contributed by atoms with Gasteiger partial charge in [0.15, 0.2) is 6.61 Å². The lowest BCUT2D eigenvalue weighted by Crippen LogP contribution is -2.53. The van der Waals surface area contributed by atoms with Crippen molar-refractivity contribution < 1.29 is 14.3 Å². The fourth-order valence-electron chi connectivity index (χ4n) is 4.92. The highest BCUT2D eigenvalue weighted by Crippen LogP contribution is 2.20. The number of carbonyl (C=O) groups excluding carboxylic acids is 2. The summed E-state index contributed by atoms with van der Waals surface area (Å²) in [5.74, 6) is 0.350. The first-order chi connectivity index (χ1) is 18.0. The molecule has 2 amide bonds. The van der Waals surface area contributed by atoms with Gasteiger partial charge in [0.05, 0.1) is 0 Å².